The van der Waals surface area contributed by atoms with Crippen molar-refractivity contribution in [3.8, 4) is 5.88 Å². The van der Waals surface area contributed by atoms with Crippen LogP contribution >= 0.6 is 0 Å². The molecule has 2 heterocycles. The van der Waals surface area contributed by atoms with Gasteiger partial charge in [0.1, 0.15) is 11.6 Å². The van der Waals surface area contributed by atoms with Crippen LogP contribution in [0.5, 0.6) is 5.88 Å². The molecule has 5 nitrogen and oxygen atoms in total. The van der Waals surface area contributed by atoms with Crippen molar-refractivity contribution in [1.29, 1.82) is 0 Å². The molecule has 1 aromatic heterocycles. The first-order chi connectivity index (χ1) is 8.74. The Hall–Kier alpha value is -1.36. The van der Waals surface area contributed by atoms with Gasteiger partial charge < -0.3 is 15.0 Å². The Morgan fingerprint density at radius 1 is 1.50 bits per heavy atom. The van der Waals surface area contributed by atoms with Gasteiger partial charge in [-0.05, 0) is 26.3 Å². The van der Waals surface area contributed by atoms with Crippen LogP contribution in [0.2, 0.25) is 0 Å². The molecule has 100 valence electrons. The Morgan fingerprint density at radius 3 is 3.06 bits per heavy atom. The van der Waals surface area contributed by atoms with E-state index >= 15 is 0 Å². The average Bonchev–Trinajstić information content (AvgIpc) is 2.83. The van der Waals surface area contributed by atoms with Gasteiger partial charge in [-0.25, -0.2) is 4.98 Å². The lowest BCUT2D eigenvalue weighted by Gasteiger charge is -2.26. The number of aryl methyl sites for hydroxylation is 1. The van der Waals surface area contributed by atoms with E-state index in [0.717, 1.165) is 31.3 Å². The van der Waals surface area contributed by atoms with Crippen LogP contribution in [0.25, 0.3) is 0 Å². The van der Waals surface area contributed by atoms with Gasteiger partial charge >= 0.3 is 0 Å². The fraction of sp³-hybridized carbons (Fsp3) is 0.692. The molecule has 18 heavy (non-hydrogen) atoms. The van der Waals surface area contributed by atoms with Gasteiger partial charge in [-0.3, -0.25) is 0 Å². The predicted octanol–water partition coefficient (Wildman–Crippen LogP) is 1.37. The summed E-state index contributed by atoms with van der Waals surface area (Å²) in [5.74, 6) is 2.39. The van der Waals surface area contributed by atoms with Crippen molar-refractivity contribution in [3.05, 3.63) is 11.9 Å². The second kappa shape index (κ2) is 6.00. The third kappa shape index (κ3) is 2.90. The molecule has 0 aliphatic carbocycles. The number of nitrogens with zero attached hydrogens (tertiary/aromatic N) is 3. The van der Waals surface area contributed by atoms with Crippen LogP contribution in [0, 0.1) is 6.92 Å². The van der Waals surface area contributed by atoms with E-state index in [2.05, 4.69) is 27.1 Å². The first kappa shape index (κ1) is 13.1. The van der Waals surface area contributed by atoms with E-state index in [9.17, 15) is 0 Å². The molecular weight excluding hydrogens is 228 g/mol. The van der Waals surface area contributed by atoms with E-state index in [1.807, 2.05) is 13.0 Å². The number of nitrogens with one attached hydrogen (secondary N) is 1. The number of methoxy groups -OCH3 is 1. The maximum atomic E-state index is 5.22. The lowest BCUT2D eigenvalue weighted by Crippen LogP contribution is -2.38. The number of hydrogen-bond donors (Lipinski definition) is 1. The molecule has 0 bridgehead atoms. The van der Waals surface area contributed by atoms with E-state index in [0.29, 0.717) is 11.9 Å². The van der Waals surface area contributed by atoms with Crippen LogP contribution in [-0.4, -0.2) is 42.8 Å². The number of anilines is 1. The Kier molecular flexibility index (Phi) is 4.36. The Balaban J connectivity index is 2.16. The molecular formula is C13H22N4O. The van der Waals surface area contributed by atoms with Crippen molar-refractivity contribution in [2.24, 2.45) is 0 Å². The van der Waals surface area contributed by atoms with Crippen LogP contribution in [0.4, 0.5) is 5.82 Å². The zero-order valence-corrected chi connectivity index (χ0v) is 11.4. The van der Waals surface area contributed by atoms with Crippen molar-refractivity contribution in [2.75, 3.05) is 31.6 Å². The Labute approximate surface area is 109 Å². The SMILES string of the molecule is CCNCC1CCCN1c1cc(OC)nc(C)n1. The number of hydrogen-bond acceptors (Lipinski definition) is 5. The van der Waals surface area contributed by atoms with Gasteiger partial charge in [0.05, 0.1) is 7.11 Å². The topological polar surface area (TPSA) is 50.3 Å². The van der Waals surface area contributed by atoms with Gasteiger partial charge in [0.15, 0.2) is 0 Å². The largest absolute Gasteiger partial charge is 0.481 e. The molecule has 0 spiro atoms. The first-order valence-corrected chi connectivity index (χ1v) is 6.61. The summed E-state index contributed by atoms with van der Waals surface area (Å²) >= 11 is 0. The molecule has 0 radical (unpaired) electrons. The molecule has 1 aromatic rings. The fourth-order valence-electron chi connectivity index (χ4n) is 2.44. The zero-order valence-electron chi connectivity index (χ0n) is 11.4. The smallest absolute Gasteiger partial charge is 0.218 e. The second-order valence-corrected chi connectivity index (χ2v) is 4.61. The molecule has 1 fully saturated rings. The Morgan fingerprint density at radius 2 is 2.33 bits per heavy atom. The number of rotatable bonds is 5. The standard InChI is InChI=1S/C13H22N4O/c1-4-14-9-11-6-5-7-17(11)12-8-13(18-3)16-10(2)15-12/h8,11,14H,4-7,9H2,1-3H3. The summed E-state index contributed by atoms with van der Waals surface area (Å²) in [4.78, 5) is 11.1. The highest BCUT2D eigenvalue weighted by atomic mass is 16.5. The Bertz CT molecular complexity index is 397. The van der Waals surface area contributed by atoms with Crippen molar-refractivity contribution in [3.63, 3.8) is 0 Å². The molecule has 2 rings (SSSR count). The van der Waals surface area contributed by atoms with Crippen LogP contribution in [-0.2, 0) is 0 Å². The third-order valence-corrected chi connectivity index (χ3v) is 3.31. The lowest BCUT2D eigenvalue weighted by atomic mass is 10.2. The summed E-state index contributed by atoms with van der Waals surface area (Å²) in [5.41, 5.74) is 0. The molecule has 1 saturated heterocycles. The van der Waals surface area contributed by atoms with Crippen molar-refractivity contribution in [2.45, 2.75) is 32.7 Å². The summed E-state index contributed by atoms with van der Waals surface area (Å²) in [6.07, 6.45) is 2.44. The molecule has 0 aromatic carbocycles. The van der Waals surface area contributed by atoms with Crippen molar-refractivity contribution in [1.82, 2.24) is 15.3 Å². The number of likely N-dealkylation sites (N-methyl/N-ethyl adjacent to an activating group) is 1. The maximum Gasteiger partial charge on any atom is 0.218 e. The molecule has 1 N–H and O–H groups in total. The number of ether oxygens (including phenoxy) is 1. The summed E-state index contributed by atoms with van der Waals surface area (Å²) in [5, 5.41) is 3.42. The first-order valence-electron chi connectivity index (χ1n) is 6.61. The summed E-state index contributed by atoms with van der Waals surface area (Å²) in [6, 6.07) is 2.46. The highest BCUT2D eigenvalue weighted by Crippen LogP contribution is 2.25. The predicted molar refractivity (Wildman–Crippen MR) is 72.2 cm³/mol. The molecule has 1 aliphatic rings. The van der Waals surface area contributed by atoms with Gasteiger partial charge in [-0.15, -0.1) is 0 Å². The van der Waals surface area contributed by atoms with Crippen molar-refractivity contribution >= 4 is 5.82 Å². The quantitative estimate of drug-likeness (QED) is 0.855. The van der Waals surface area contributed by atoms with Crippen LogP contribution in [0.15, 0.2) is 6.07 Å². The molecule has 0 saturated carbocycles. The summed E-state index contributed by atoms with van der Waals surface area (Å²) in [7, 11) is 1.64. The minimum absolute atomic E-state index is 0.531. The summed E-state index contributed by atoms with van der Waals surface area (Å²) < 4.78 is 5.22. The summed E-state index contributed by atoms with van der Waals surface area (Å²) in [6.45, 7) is 7.13. The van der Waals surface area contributed by atoms with Gasteiger partial charge in [0.2, 0.25) is 5.88 Å². The monoisotopic (exact) mass is 250 g/mol. The zero-order chi connectivity index (χ0) is 13.0. The minimum atomic E-state index is 0.531. The van der Waals surface area contributed by atoms with Gasteiger partial charge in [-0.1, -0.05) is 6.92 Å². The fourth-order valence-corrected chi connectivity index (χ4v) is 2.44. The molecule has 0 amide bonds. The van der Waals surface area contributed by atoms with Crippen LogP contribution in [0.3, 0.4) is 0 Å². The van der Waals surface area contributed by atoms with E-state index in [4.69, 9.17) is 4.74 Å². The van der Waals surface area contributed by atoms with Gasteiger partial charge in [-0.2, -0.15) is 4.98 Å². The maximum absolute atomic E-state index is 5.22. The molecule has 1 atom stereocenters. The third-order valence-electron chi connectivity index (χ3n) is 3.31. The van der Waals surface area contributed by atoms with E-state index in [-0.39, 0.29) is 0 Å². The molecule has 1 aliphatic heterocycles. The highest BCUT2D eigenvalue weighted by molar-refractivity contribution is 5.44. The van der Waals surface area contributed by atoms with E-state index in [1.54, 1.807) is 7.11 Å². The molecule has 1 unspecified atom stereocenters. The number of aromatic nitrogens is 2. The lowest BCUT2D eigenvalue weighted by molar-refractivity contribution is 0.395. The van der Waals surface area contributed by atoms with Crippen LogP contribution < -0.4 is 15.0 Å². The van der Waals surface area contributed by atoms with Gasteiger partial charge in [0.25, 0.3) is 0 Å². The van der Waals surface area contributed by atoms with E-state index < -0.39 is 0 Å². The molecule has 5 heteroatoms. The van der Waals surface area contributed by atoms with E-state index in [1.165, 1.54) is 12.8 Å². The van der Waals surface area contributed by atoms with Gasteiger partial charge in [0, 0.05) is 25.2 Å². The van der Waals surface area contributed by atoms with Crippen molar-refractivity contribution < 1.29 is 4.74 Å². The second-order valence-electron chi connectivity index (χ2n) is 4.61. The normalized spacial score (nSPS) is 19.3. The minimum Gasteiger partial charge on any atom is -0.481 e. The average molecular weight is 250 g/mol. The highest BCUT2D eigenvalue weighted by Gasteiger charge is 2.25. The van der Waals surface area contributed by atoms with Crippen LogP contribution in [0.1, 0.15) is 25.6 Å².